The van der Waals surface area contributed by atoms with Gasteiger partial charge < -0.3 is 10.1 Å². The molecular weight excluding hydrogens is 450 g/mol. The largest absolute Gasteiger partial charge is 0.455 e. The fourth-order valence-electron chi connectivity index (χ4n) is 3.11. The lowest BCUT2D eigenvalue weighted by Gasteiger charge is -2.20. The molecule has 0 radical (unpaired) electrons. The number of sulfonamides is 1. The molecule has 32 heavy (non-hydrogen) atoms. The number of hydrogen-bond donors (Lipinski definition) is 1. The maximum Gasteiger partial charge on any atom is 0.307 e. The highest BCUT2D eigenvalue weighted by molar-refractivity contribution is 7.89. The number of amides is 1. The lowest BCUT2D eigenvalue weighted by Crippen LogP contribution is -2.30. The number of para-hydroxylation sites is 1. The van der Waals surface area contributed by atoms with E-state index in [0.29, 0.717) is 24.5 Å². The van der Waals surface area contributed by atoms with Gasteiger partial charge in [0.1, 0.15) is 12.3 Å². The van der Waals surface area contributed by atoms with Crippen LogP contribution in [0.3, 0.4) is 0 Å². The Kier molecular flexibility index (Phi) is 7.49. The van der Waals surface area contributed by atoms with E-state index in [-0.39, 0.29) is 27.8 Å². The Morgan fingerprint density at radius 2 is 1.81 bits per heavy atom. The number of aryl methyl sites for hydroxylation is 1. The molecule has 0 fully saturated rings. The van der Waals surface area contributed by atoms with Crippen LogP contribution in [0.2, 0.25) is 0 Å². The van der Waals surface area contributed by atoms with Gasteiger partial charge >= 0.3 is 4.87 Å². The maximum atomic E-state index is 13.0. The molecule has 2 aromatic carbocycles. The van der Waals surface area contributed by atoms with Crippen molar-refractivity contribution < 1.29 is 17.9 Å². The van der Waals surface area contributed by atoms with E-state index in [2.05, 4.69) is 5.32 Å². The second-order valence-electron chi connectivity index (χ2n) is 6.94. The molecule has 0 spiro atoms. The van der Waals surface area contributed by atoms with Crippen LogP contribution in [0.15, 0.2) is 63.6 Å². The van der Waals surface area contributed by atoms with Gasteiger partial charge in [-0.25, -0.2) is 8.42 Å². The van der Waals surface area contributed by atoms with E-state index in [9.17, 15) is 18.0 Å². The summed E-state index contributed by atoms with van der Waals surface area (Å²) in [4.78, 5) is 24.5. The average Bonchev–Trinajstić information content (AvgIpc) is 3.08. The van der Waals surface area contributed by atoms with Gasteiger partial charge in [0.25, 0.3) is 0 Å². The topological polar surface area (TPSA) is 97.7 Å². The van der Waals surface area contributed by atoms with E-state index in [1.807, 2.05) is 6.07 Å². The number of hydrogen-bond acceptors (Lipinski definition) is 6. The Morgan fingerprint density at radius 3 is 2.41 bits per heavy atom. The van der Waals surface area contributed by atoms with E-state index in [1.165, 1.54) is 27.1 Å². The average molecular weight is 476 g/mol. The second kappa shape index (κ2) is 10.1. The standard InChI is InChI=1S/C22H25N3O5S2/c1-4-24(5-2)32(28,29)18-11-12-20(30-17-9-7-6-8-10-17)19(13-18)23-21(26)14-25-16(3)15-31-22(25)27/h6-13,15H,4-5,14H2,1-3H3,(H,23,26). The zero-order chi connectivity index (χ0) is 23.3. The second-order valence-corrected chi connectivity index (χ2v) is 9.70. The molecular formula is C22H25N3O5S2. The molecule has 0 unspecified atom stereocenters. The third-order valence-corrected chi connectivity index (χ3v) is 7.74. The number of thiazole rings is 1. The number of benzene rings is 2. The summed E-state index contributed by atoms with van der Waals surface area (Å²) in [5.41, 5.74) is 0.877. The summed E-state index contributed by atoms with van der Waals surface area (Å²) in [7, 11) is -3.74. The molecule has 0 bridgehead atoms. The number of carbonyl (C=O) groups excluding carboxylic acids is 1. The van der Waals surface area contributed by atoms with Crippen molar-refractivity contribution in [3.63, 3.8) is 0 Å². The van der Waals surface area contributed by atoms with E-state index in [1.54, 1.807) is 50.4 Å². The van der Waals surface area contributed by atoms with Crippen LogP contribution in [-0.2, 0) is 21.4 Å². The van der Waals surface area contributed by atoms with Crippen LogP contribution in [0.1, 0.15) is 19.5 Å². The number of rotatable bonds is 9. The molecule has 1 heterocycles. The van der Waals surface area contributed by atoms with Crippen LogP contribution >= 0.6 is 11.3 Å². The van der Waals surface area contributed by atoms with Gasteiger partial charge in [0.05, 0.1) is 10.6 Å². The Morgan fingerprint density at radius 1 is 1.12 bits per heavy atom. The van der Waals surface area contributed by atoms with Crippen LogP contribution < -0.4 is 14.9 Å². The first kappa shape index (κ1) is 23.7. The lowest BCUT2D eigenvalue weighted by molar-refractivity contribution is -0.116. The smallest absolute Gasteiger partial charge is 0.307 e. The summed E-state index contributed by atoms with van der Waals surface area (Å²) < 4.78 is 34.5. The Hall–Kier alpha value is -2.95. The Bertz CT molecular complexity index is 1250. The molecule has 10 heteroatoms. The van der Waals surface area contributed by atoms with Gasteiger partial charge in [0.15, 0.2) is 5.75 Å². The van der Waals surface area contributed by atoms with Gasteiger partial charge in [-0.1, -0.05) is 43.4 Å². The van der Waals surface area contributed by atoms with Crippen molar-refractivity contribution >= 4 is 33.0 Å². The molecule has 0 aliphatic carbocycles. The number of anilines is 1. The predicted molar refractivity (Wildman–Crippen MR) is 125 cm³/mol. The van der Waals surface area contributed by atoms with E-state index in [0.717, 1.165) is 11.3 Å². The molecule has 3 rings (SSSR count). The van der Waals surface area contributed by atoms with Gasteiger partial charge in [-0.05, 0) is 37.3 Å². The normalized spacial score (nSPS) is 11.5. The summed E-state index contributed by atoms with van der Waals surface area (Å²) in [5.74, 6) is 0.355. The Labute approximate surface area is 191 Å². The molecule has 1 N–H and O–H groups in total. The molecule has 1 aromatic heterocycles. The van der Waals surface area contributed by atoms with Gasteiger partial charge in [-0.15, -0.1) is 0 Å². The zero-order valence-electron chi connectivity index (χ0n) is 18.1. The molecule has 170 valence electrons. The van der Waals surface area contributed by atoms with Gasteiger partial charge in [0.2, 0.25) is 15.9 Å². The molecule has 0 atom stereocenters. The predicted octanol–water partition coefficient (Wildman–Crippen LogP) is 3.68. The van der Waals surface area contributed by atoms with Crippen LogP contribution in [-0.4, -0.2) is 36.3 Å². The minimum Gasteiger partial charge on any atom is -0.455 e. The van der Waals surface area contributed by atoms with Gasteiger partial charge in [0, 0.05) is 24.2 Å². The summed E-state index contributed by atoms with van der Waals surface area (Å²) in [6, 6.07) is 13.3. The van der Waals surface area contributed by atoms with Crippen LogP contribution in [0.4, 0.5) is 5.69 Å². The van der Waals surface area contributed by atoms with Crippen molar-refractivity contribution in [2.24, 2.45) is 0 Å². The summed E-state index contributed by atoms with van der Waals surface area (Å²) in [6.07, 6.45) is 0. The molecule has 0 saturated carbocycles. The minimum absolute atomic E-state index is 0.0424. The van der Waals surface area contributed by atoms with E-state index < -0.39 is 15.9 Å². The molecule has 0 aliphatic rings. The monoisotopic (exact) mass is 475 g/mol. The number of carbonyl (C=O) groups is 1. The lowest BCUT2D eigenvalue weighted by atomic mass is 10.2. The summed E-state index contributed by atoms with van der Waals surface area (Å²) in [6.45, 7) is 5.72. The molecule has 8 nitrogen and oxygen atoms in total. The van der Waals surface area contributed by atoms with Crippen LogP contribution in [0, 0.1) is 6.92 Å². The quantitative estimate of drug-likeness (QED) is 0.509. The molecule has 3 aromatic rings. The maximum absolute atomic E-state index is 13.0. The number of nitrogens with one attached hydrogen (secondary N) is 1. The molecule has 0 saturated heterocycles. The number of ether oxygens (including phenoxy) is 1. The summed E-state index contributed by atoms with van der Waals surface area (Å²) in [5, 5.41) is 4.39. The van der Waals surface area contributed by atoms with Gasteiger partial charge in [-0.3, -0.25) is 14.2 Å². The highest BCUT2D eigenvalue weighted by Gasteiger charge is 2.23. The molecule has 0 aliphatic heterocycles. The van der Waals surface area contributed by atoms with Crippen molar-refractivity contribution in [1.29, 1.82) is 0 Å². The van der Waals surface area contributed by atoms with Crippen molar-refractivity contribution in [2.45, 2.75) is 32.2 Å². The van der Waals surface area contributed by atoms with E-state index in [4.69, 9.17) is 4.74 Å². The summed E-state index contributed by atoms with van der Waals surface area (Å²) >= 11 is 1.02. The third-order valence-electron chi connectivity index (χ3n) is 4.82. The molecule has 1 amide bonds. The van der Waals surface area contributed by atoms with Crippen LogP contribution in [0.5, 0.6) is 11.5 Å². The van der Waals surface area contributed by atoms with Crippen molar-refractivity contribution in [2.75, 3.05) is 18.4 Å². The third kappa shape index (κ3) is 5.26. The fourth-order valence-corrected chi connectivity index (χ4v) is 5.33. The number of nitrogens with zero attached hydrogens (tertiary/aromatic N) is 2. The van der Waals surface area contributed by atoms with E-state index >= 15 is 0 Å². The van der Waals surface area contributed by atoms with Gasteiger partial charge in [-0.2, -0.15) is 4.31 Å². The number of aromatic nitrogens is 1. The highest BCUT2D eigenvalue weighted by atomic mass is 32.2. The fraction of sp³-hybridized carbons (Fsp3) is 0.273. The highest BCUT2D eigenvalue weighted by Crippen LogP contribution is 2.32. The van der Waals surface area contributed by atoms with Crippen molar-refractivity contribution in [3.8, 4) is 11.5 Å². The zero-order valence-corrected chi connectivity index (χ0v) is 19.7. The first-order chi connectivity index (χ1) is 15.3. The first-order valence-corrected chi connectivity index (χ1v) is 12.4. The van der Waals surface area contributed by atoms with Crippen molar-refractivity contribution in [1.82, 2.24) is 8.87 Å². The van der Waals surface area contributed by atoms with Crippen molar-refractivity contribution in [3.05, 3.63) is 69.3 Å². The minimum atomic E-state index is -3.74. The van der Waals surface area contributed by atoms with Crippen LogP contribution in [0.25, 0.3) is 0 Å². The Balaban J connectivity index is 1.97. The SMILES string of the molecule is CCN(CC)S(=O)(=O)c1ccc(Oc2ccccc2)c(NC(=O)Cn2c(C)csc2=O)c1. The first-order valence-electron chi connectivity index (χ1n) is 10.1.